The second kappa shape index (κ2) is 6.68. The molecule has 0 aliphatic heterocycles. The molecule has 0 saturated carbocycles. The lowest BCUT2D eigenvalue weighted by atomic mass is 10.1. The maximum atomic E-state index is 13.5. The summed E-state index contributed by atoms with van der Waals surface area (Å²) in [4.78, 5) is 0. The van der Waals surface area contributed by atoms with E-state index in [4.69, 9.17) is 10.9 Å². The molecule has 20 heavy (non-hydrogen) atoms. The largest absolute Gasteiger partial charge is 0.409 e. The summed E-state index contributed by atoms with van der Waals surface area (Å²) in [6, 6.07) is 14.0. The molecule has 0 saturated heterocycles. The zero-order valence-electron chi connectivity index (χ0n) is 10.9. The molecule has 0 atom stereocenters. The molecule has 2 rings (SSSR count). The number of oxime groups is 1. The third kappa shape index (κ3) is 3.33. The maximum absolute atomic E-state index is 13.5. The van der Waals surface area contributed by atoms with Crippen LogP contribution in [0.25, 0.3) is 0 Å². The van der Waals surface area contributed by atoms with Gasteiger partial charge in [0.2, 0.25) is 0 Å². The number of benzene rings is 2. The van der Waals surface area contributed by atoms with Crippen LogP contribution in [-0.2, 0) is 13.1 Å². The van der Waals surface area contributed by atoms with Crippen molar-refractivity contribution in [3.8, 4) is 0 Å². The molecular formula is C15H16FN3O. The first-order valence-corrected chi connectivity index (χ1v) is 6.22. The smallest absolute Gasteiger partial charge is 0.170 e. The van der Waals surface area contributed by atoms with E-state index in [1.54, 1.807) is 24.3 Å². The molecule has 0 aromatic heterocycles. The second-order valence-electron chi connectivity index (χ2n) is 4.34. The Bertz CT molecular complexity index is 614. The van der Waals surface area contributed by atoms with Gasteiger partial charge in [0.05, 0.1) is 0 Å². The van der Waals surface area contributed by atoms with Crippen LogP contribution in [0.4, 0.5) is 4.39 Å². The van der Waals surface area contributed by atoms with Crippen LogP contribution in [-0.4, -0.2) is 11.0 Å². The molecule has 0 bridgehead atoms. The lowest BCUT2D eigenvalue weighted by Crippen LogP contribution is -2.20. The van der Waals surface area contributed by atoms with E-state index in [0.717, 1.165) is 5.56 Å². The number of hydrogen-bond donors (Lipinski definition) is 3. The SMILES string of the molecule is NC(=NO)c1ccccc1CNCc1ccccc1F. The quantitative estimate of drug-likeness (QED) is 0.338. The van der Waals surface area contributed by atoms with Gasteiger partial charge < -0.3 is 16.3 Å². The lowest BCUT2D eigenvalue weighted by molar-refractivity contribution is 0.318. The van der Waals surface area contributed by atoms with Gasteiger partial charge in [0.25, 0.3) is 0 Å². The zero-order chi connectivity index (χ0) is 14.4. The fraction of sp³-hybridized carbons (Fsp3) is 0.133. The minimum atomic E-state index is -0.232. The summed E-state index contributed by atoms with van der Waals surface area (Å²) in [6.07, 6.45) is 0. The topological polar surface area (TPSA) is 70.6 Å². The maximum Gasteiger partial charge on any atom is 0.170 e. The van der Waals surface area contributed by atoms with Crippen molar-refractivity contribution >= 4 is 5.84 Å². The third-order valence-corrected chi connectivity index (χ3v) is 2.99. The van der Waals surface area contributed by atoms with Crippen molar-refractivity contribution in [1.29, 1.82) is 0 Å². The highest BCUT2D eigenvalue weighted by molar-refractivity contribution is 5.98. The first-order chi connectivity index (χ1) is 9.72. The average Bonchev–Trinajstić information content (AvgIpc) is 2.49. The Balaban J connectivity index is 2.03. The van der Waals surface area contributed by atoms with Crippen molar-refractivity contribution < 1.29 is 9.60 Å². The summed E-state index contributed by atoms with van der Waals surface area (Å²) >= 11 is 0. The molecule has 0 spiro atoms. The van der Waals surface area contributed by atoms with Gasteiger partial charge in [-0.05, 0) is 11.6 Å². The average molecular weight is 273 g/mol. The van der Waals surface area contributed by atoms with Crippen LogP contribution in [0.15, 0.2) is 53.7 Å². The van der Waals surface area contributed by atoms with Gasteiger partial charge in [0.1, 0.15) is 5.82 Å². The van der Waals surface area contributed by atoms with Crippen molar-refractivity contribution in [2.45, 2.75) is 13.1 Å². The van der Waals surface area contributed by atoms with Crippen LogP contribution >= 0.6 is 0 Å². The Morgan fingerprint density at radius 1 is 1.05 bits per heavy atom. The second-order valence-corrected chi connectivity index (χ2v) is 4.34. The van der Waals surface area contributed by atoms with Crippen molar-refractivity contribution in [2.75, 3.05) is 0 Å². The van der Waals surface area contributed by atoms with Gasteiger partial charge in [-0.1, -0.05) is 47.6 Å². The third-order valence-electron chi connectivity index (χ3n) is 2.99. The molecule has 2 aromatic carbocycles. The predicted octanol–water partition coefficient (Wildman–Crippen LogP) is 2.21. The molecule has 4 nitrogen and oxygen atoms in total. The molecule has 5 heteroatoms. The molecule has 4 N–H and O–H groups in total. The number of hydrogen-bond acceptors (Lipinski definition) is 3. The molecule has 0 radical (unpaired) electrons. The van der Waals surface area contributed by atoms with Crippen molar-refractivity contribution in [1.82, 2.24) is 5.32 Å². The number of nitrogens with zero attached hydrogens (tertiary/aromatic N) is 1. The molecular weight excluding hydrogens is 257 g/mol. The van der Waals surface area contributed by atoms with Gasteiger partial charge in [-0.15, -0.1) is 0 Å². The summed E-state index contributed by atoms with van der Waals surface area (Å²) in [5.41, 5.74) is 7.77. The Hall–Kier alpha value is -2.40. The van der Waals surface area contributed by atoms with Crippen LogP contribution in [0.1, 0.15) is 16.7 Å². The van der Waals surface area contributed by atoms with Crippen molar-refractivity contribution in [2.24, 2.45) is 10.9 Å². The Kier molecular flexibility index (Phi) is 4.68. The first-order valence-electron chi connectivity index (χ1n) is 6.22. The van der Waals surface area contributed by atoms with E-state index in [1.165, 1.54) is 6.07 Å². The Morgan fingerprint density at radius 2 is 1.65 bits per heavy atom. The number of halogens is 1. The van der Waals surface area contributed by atoms with E-state index in [1.807, 2.05) is 18.2 Å². The van der Waals surface area contributed by atoms with Crippen LogP contribution in [0.3, 0.4) is 0 Å². The van der Waals surface area contributed by atoms with E-state index < -0.39 is 0 Å². The van der Waals surface area contributed by atoms with Crippen molar-refractivity contribution in [3.05, 3.63) is 71.0 Å². The Morgan fingerprint density at radius 3 is 2.35 bits per heavy atom. The molecule has 0 aliphatic carbocycles. The number of nitrogens with one attached hydrogen (secondary N) is 1. The van der Waals surface area contributed by atoms with E-state index in [0.29, 0.717) is 24.2 Å². The van der Waals surface area contributed by atoms with E-state index in [-0.39, 0.29) is 11.7 Å². The van der Waals surface area contributed by atoms with E-state index >= 15 is 0 Å². The van der Waals surface area contributed by atoms with Gasteiger partial charge in [-0.2, -0.15) is 0 Å². The van der Waals surface area contributed by atoms with Gasteiger partial charge in [-0.25, -0.2) is 4.39 Å². The van der Waals surface area contributed by atoms with Crippen LogP contribution in [0.5, 0.6) is 0 Å². The molecule has 0 fully saturated rings. The fourth-order valence-corrected chi connectivity index (χ4v) is 1.95. The number of amidine groups is 1. The fourth-order valence-electron chi connectivity index (χ4n) is 1.95. The standard InChI is InChI=1S/C15H16FN3O/c16-14-8-4-2-6-12(14)10-18-9-11-5-1-3-7-13(11)15(17)19-20/h1-8,18,20H,9-10H2,(H2,17,19). The first kappa shape index (κ1) is 14.0. The van der Waals surface area contributed by atoms with Gasteiger partial charge in [-0.3, -0.25) is 0 Å². The molecule has 0 amide bonds. The van der Waals surface area contributed by atoms with E-state index in [9.17, 15) is 4.39 Å². The highest BCUT2D eigenvalue weighted by Gasteiger charge is 2.06. The van der Waals surface area contributed by atoms with Crippen LogP contribution in [0.2, 0.25) is 0 Å². The summed E-state index contributed by atoms with van der Waals surface area (Å²) in [6.45, 7) is 0.915. The lowest BCUT2D eigenvalue weighted by Gasteiger charge is -2.10. The van der Waals surface area contributed by atoms with Gasteiger partial charge in [0, 0.05) is 24.2 Å². The molecule has 0 heterocycles. The minimum Gasteiger partial charge on any atom is -0.409 e. The summed E-state index contributed by atoms with van der Waals surface area (Å²) in [5, 5.41) is 14.9. The number of nitrogens with two attached hydrogens (primary N) is 1. The molecule has 0 unspecified atom stereocenters. The van der Waals surface area contributed by atoms with Gasteiger partial charge in [0.15, 0.2) is 5.84 Å². The van der Waals surface area contributed by atoms with Crippen LogP contribution in [0, 0.1) is 5.82 Å². The summed E-state index contributed by atoms with van der Waals surface area (Å²) in [5.74, 6) is -0.169. The van der Waals surface area contributed by atoms with Crippen LogP contribution < -0.4 is 11.1 Å². The van der Waals surface area contributed by atoms with E-state index in [2.05, 4.69) is 10.5 Å². The van der Waals surface area contributed by atoms with Crippen molar-refractivity contribution in [3.63, 3.8) is 0 Å². The zero-order valence-corrected chi connectivity index (χ0v) is 10.9. The minimum absolute atomic E-state index is 0.0632. The highest BCUT2D eigenvalue weighted by atomic mass is 19.1. The Labute approximate surface area is 116 Å². The van der Waals surface area contributed by atoms with Gasteiger partial charge >= 0.3 is 0 Å². The normalized spacial score (nSPS) is 11.6. The molecule has 0 aliphatic rings. The molecule has 104 valence electrons. The highest BCUT2D eigenvalue weighted by Crippen LogP contribution is 2.10. The monoisotopic (exact) mass is 273 g/mol. The predicted molar refractivity (Wildman–Crippen MR) is 75.9 cm³/mol. The molecule has 2 aromatic rings. The summed E-state index contributed by atoms with van der Waals surface area (Å²) < 4.78 is 13.5. The number of rotatable bonds is 5. The summed E-state index contributed by atoms with van der Waals surface area (Å²) in [7, 11) is 0.